The van der Waals surface area contributed by atoms with E-state index in [2.05, 4.69) is 14.9 Å². The van der Waals surface area contributed by atoms with E-state index in [1.54, 1.807) is 54.6 Å². The van der Waals surface area contributed by atoms with Crippen LogP contribution < -0.4 is 4.72 Å². The molecule has 0 aliphatic carbocycles. The van der Waals surface area contributed by atoms with Crippen LogP contribution in [0.25, 0.3) is 16.7 Å². The maximum atomic E-state index is 12.5. The Hall–Kier alpha value is -2.90. The van der Waals surface area contributed by atoms with Crippen LogP contribution in [0.1, 0.15) is 5.56 Å². The van der Waals surface area contributed by atoms with Crippen LogP contribution in [0.15, 0.2) is 71.6 Å². The highest BCUT2D eigenvalue weighted by Gasteiger charge is 2.15. The molecular weight excluding hydrogens is 384 g/mol. The first-order chi connectivity index (χ1) is 12.9. The van der Waals surface area contributed by atoms with Crippen molar-refractivity contribution in [3.63, 3.8) is 0 Å². The van der Waals surface area contributed by atoms with Gasteiger partial charge in [0.05, 0.1) is 16.3 Å². The standard InChI is InChI=1S/C19H15ClN4O2S/c1-13-2-9-17(10-3-13)27(25,26)23-15-6-11-18-19(12-15)22-24(21-18)16-7-4-14(20)5-8-16/h2-12,23H,1H3. The van der Waals surface area contributed by atoms with Gasteiger partial charge in [0.1, 0.15) is 11.0 Å². The van der Waals surface area contributed by atoms with Gasteiger partial charge in [0.25, 0.3) is 10.0 Å². The van der Waals surface area contributed by atoms with Crippen molar-refractivity contribution in [2.45, 2.75) is 11.8 Å². The summed E-state index contributed by atoms with van der Waals surface area (Å²) in [5.41, 5.74) is 3.41. The SMILES string of the molecule is Cc1ccc(S(=O)(=O)Nc2ccc3nn(-c4ccc(Cl)cc4)nc3c2)cc1. The Labute approximate surface area is 161 Å². The fourth-order valence-corrected chi connectivity index (χ4v) is 3.77. The minimum Gasteiger partial charge on any atom is -0.280 e. The minimum absolute atomic E-state index is 0.206. The third kappa shape index (κ3) is 3.65. The first-order valence-electron chi connectivity index (χ1n) is 8.13. The van der Waals surface area contributed by atoms with E-state index >= 15 is 0 Å². The van der Waals surface area contributed by atoms with Gasteiger partial charge in [-0.05, 0) is 61.5 Å². The molecule has 1 aromatic heterocycles. The number of hydrogen-bond donors (Lipinski definition) is 1. The molecule has 0 bridgehead atoms. The molecule has 0 aliphatic rings. The molecule has 0 amide bonds. The first kappa shape index (κ1) is 17.5. The first-order valence-corrected chi connectivity index (χ1v) is 9.99. The third-order valence-electron chi connectivity index (χ3n) is 4.02. The van der Waals surface area contributed by atoms with Crippen LogP contribution in [0, 0.1) is 6.92 Å². The molecule has 1 heterocycles. The normalized spacial score (nSPS) is 11.6. The lowest BCUT2D eigenvalue weighted by Gasteiger charge is -2.08. The molecule has 0 saturated carbocycles. The van der Waals surface area contributed by atoms with E-state index in [4.69, 9.17) is 11.6 Å². The van der Waals surface area contributed by atoms with Gasteiger partial charge in [0, 0.05) is 5.02 Å². The van der Waals surface area contributed by atoms with Crippen molar-refractivity contribution >= 4 is 38.3 Å². The van der Waals surface area contributed by atoms with Gasteiger partial charge in [-0.25, -0.2) is 8.42 Å². The number of anilines is 1. The van der Waals surface area contributed by atoms with Gasteiger partial charge in [-0.1, -0.05) is 29.3 Å². The number of aromatic nitrogens is 3. The number of nitrogens with one attached hydrogen (secondary N) is 1. The summed E-state index contributed by atoms with van der Waals surface area (Å²) in [7, 11) is -3.67. The Morgan fingerprint density at radius 2 is 1.56 bits per heavy atom. The molecule has 0 fully saturated rings. The van der Waals surface area contributed by atoms with Gasteiger partial charge in [0.15, 0.2) is 0 Å². The monoisotopic (exact) mass is 398 g/mol. The zero-order valence-corrected chi connectivity index (χ0v) is 15.9. The maximum Gasteiger partial charge on any atom is 0.261 e. The quantitative estimate of drug-likeness (QED) is 0.559. The molecule has 0 aliphatic heterocycles. The lowest BCUT2D eigenvalue weighted by molar-refractivity contribution is 0.601. The molecule has 0 radical (unpaired) electrons. The van der Waals surface area contributed by atoms with Crippen molar-refractivity contribution < 1.29 is 8.42 Å². The number of sulfonamides is 1. The Bertz CT molecular complexity index is 1220. The van der Waals surface area contributed by atoms with E-state index in [-0.39, 0.29) is 4.90 Å². The molecule has 4 aromatic rings. The van der Waals surface area contributed by atoms with Gasteiger partial charge in [-0.15, -0.1) is 10.2 Å². The van der Waals surface area contributed by atoms with Crippen molar-refractivity contribution in [1.29, 1.82) is 0 Å². The second kappa shape index (κ2) is 6.68. The molecule has 0 saturated heterocycles. The molecule has 136 valence electrons. The highest BCUT2D eigenvalue weighted by atomic mass is 35.5. The predicted molar refractivity (Wildman–Crippen MR) is 106 cm³/mol. The zero-order chi connectivity index (χ0) is 19.0. The highest BCUT2D eigenvalue weighted by molar-refractivity contribution is 7.92. The second-order valence-electron chi connectivity index (χ2n) is 6.09. The van der Waals surface area contributed by atoms with Crippen LogP contribution in [0.3, 0.4) is 0 Å². The molecule has 1 N–H and O–H groups in total. The van der Waals surface area contributed by atoms with Gasteiger partial charge in [0.2, 0.25) is 0 Å². The molecular formula is C19H15ClN4O2S. The van der Waals surface area contributed by atoms with Crippen molar-refractivity contribution in [2.24, 2.45) is 0 Å². The summed E-state index contributed by atoms with van der Waals surface area (Å²) in [6, 6.07) is 18.8. The number of benzene rings is 3. The molecule has 8 heteroatoms. The van der Waals surface area contributed by atoms with Crippen molar-refractivity contribution in [2.75, 3.05) is 4.72 Å². The summed E-state index contributed by atoms with van der Waals surface area (Å²) in [5.74, 6) is 0. The fourth-order valence-electron chi connectivity index (χ4n) is 2.60. The number of nitrogens with zero attached hydrogens (tertiary/aromatic N) is 3. The largest absolute Gasteiger partial charge is 0.280 e. The minimum atomic E-state index is -3.67. The van der Waals surface area contributed by atoms with E-state index in [0.29, 0.717) is 21.7 Å². The fraction of sp³-hybridized carbons (Fsp3) is 0.0526. The number of hydrogen-bond acceptors (Lipinski definition) is 4. The highest BCUT2D eigenvalue weighted by Crippen LogP contribution is 2.21. The number of fused-ring (bicyclic) bond motifs is 1. The average Bonchev–Trinajstić information content (AvgIpc) is 3.05. The van der Waals surface area contributed by atoms with Crippen LogP contribution >= 0.6 is 11.6 Å². The van der Waals surface area contributed by atoms with Crippen molar-refractivity contribution in [1.82, 2.24) is 15.0 Å². The van der Waals surface area contributed by atoms with Gasteiger partial charge < -0.3 is 0 Å². The maximum absolute atomic E-state index is 12.5. The zero-order valence-electron chi connectivity index (χ0n) is 14.3. The van der Waals surface area contributed by atoms with E-state index < -0.39 is 10.0 Å². The van der Waals surface area contributed by atoms with E-state index in [0.717, 1.165) is 11.3 Å². The molecule has 4 rings (SSSR count). The van der Waals surface area contributed by atoms with E-state index in [1.165, 1.54) is 4.80 Å². The summed E-state index contributed by atoms with van der Waals surface area (Å²) >= 11 is 5.90. The van der Waals surface area contributed by atoms with Crippen molar-refractivity contribution in [3.05, 3.63) is 77.3 Å². The smallest absolute Gasteiger partial charge is 0.261 e. The van der Waals surface area contributed by atoms with Gasteiger partial charge in [-0.2, -0.15) is 4.80 Å². The summed E-state index contributed by atoms with van der Waals surface area (Å²) in [4.78, 5) is 1.69. The van der Waals surface area contributed by atoms with Crippen LogP contribution in [-0.4, -0.2) is 23.4 Å². The summed E-state index contributed by atoms with van der Waals surface area (Å²) in [6.07, 6.45) is 0. The van der Waals surface area contributed by atoms with E-state index in [1.807, 2.05) is 19.1 Å². The topological polar surface area (TPSA) is 76.9 Å². The Morgan fingerprint density at radius 1 is 0.889 bits per heavy atom. The molecule has 6 nitrogen and oxygen atoms in total. The molecule has 3 aromatic carbocycles. The lowest BCUT2D eigenvalue weighted by atomic mass is 10.2. The molecule has 0 atom stereocenters. The Balaban J connectivity index is 1.65. The van der Waals surface area contributed by atoms with Crippen LogP contribution in [0.4, 0.5) is 5.69 Å². The Kier molecular flexibility index (Phi) is 4.33. The number of halogens is 1. The van der Waals surface area contributed by atoms with Crippen LogP contribution in [-0.2, 0) is 10.0 Å². The van der Waals surface area contributed by atoms with Crippen LogP contribution in [0.2, 0.25) is 5.02 Å². The van der Waals surface area contributed by atoms with Crippen molar-refractivity contribution in [3.8, 4) is 5.69 Å². The second-order valence-corrected chi connectivity index (χ2v) is 8.21. The van der Waals surface area contributed by atoms with E-state index in [9.17, 15) is 8.42 Å². The third-order valence-corrected chi connectivity index (χ3v) is 5.67. The lowest BCUT2D eigenvalue weighted by Crippen LogP contribution is -2.12. The number of aryl methyl sites for hydroxylation is 1. The average molecular weight is 399 g/mol. The molecule has 27 heavy (non-hydrogen) atoms. The summed E-state index contributed by atoms with van der Waals surface area (Å²) in [5, 5.41) is 9.45. The molecule has 0 unspecified atom stereocenters. The predicted octanol–water partition coefficient (Wildman–Crippen LogP) is 4.18. The van der Waals surface area contributed by atoms with Gasteiger partial charge in [-0.3, -0.25) is 4.72 Å². The Morgan fingerprint density at radius 3 is 2.26 bits per heavy atom. The van der Waals surface area contributed by atoms with Crippen LogP contribution in [0.5, 0.6) is 0 Å². The molecule has 0 spiro atoms. The summed E-state index contributed by atoms with van der Waals surface area (Å²) < 4.78 is 27.7. The van der Waals surface area contributed by atoms with Gasteiger partial charge >= 0.3 is 0 Å². The summed E-state index contributed by atoms with van der Waals surface area (Å²) in [6.45, 7) is 1.90. The number of rotatable bonds is 4.